The molecule has 0 saturated heterocycles. The molecular weight excluding hydrogens is 501 g/mol. The lowest BCUT2D eigenvalue weighted by Crippen LogP contribution is -2.49. The number of benzene rings is 1. The van der Waals surface area contributed by atoms with Crippen LogP contribution in [0.4, 0.5) is 0 Å². The first kappa shape index (κ1) is 24.2. The van der Waals surface area contributed by atoms with Gasteiger partial charge in [0.05, 0.1) is 0 Å². The molecule has 164 valence electrons. The van der Waals surface area contributed by atoms with Crippen LogP contribution in [0.1, 0.15) is 52.0 Å². The van der Waals surface area contributed by atoms with Gasteiger partial charge in [0, 0.05) is 46.9 Å². The van der Waals surface area contributed by atoms with Gasteiger partial charge in [0.15, 0.2) is 17.5 Å². The van der Waals surface area contributed by atoms with Crippen molar-refractivity contribution in [3.05, 3.63) is 23.8 Å². The Morgan fingerprint density at radius 3 is 2.76 bits per heavy atom. The minimum Gasteiger partial charge on any atom is -0.454 e. The largest absolute Gasteiger partial charge is 0.454 e. The van der Waals surface area contributed by atoms with Gasteiger partial charge in [-0.1, -0.05) is 33.3 Å². The van der Waals surface area contributed by atoms with Crippen molar-refractivity contribution in [3.63, 3.8) is 0 Å². The molecule has 1 aromatic carbocycles. The molecule has 2 N–H and O–H groups in total. The molecule has 3 unspecified atom stereocenters. The van der Waals surface area contributed by atoms with Crippen LogP contribution in [-0.2, 0) is 16.2 Å². The molecule has 1 saturated carbocycles. The minimum atomic E-state index is -0.716. The van der Waals surface area contributed by atoms with E-state index in [1.54, 1.807) is 7.05 Å². The average molecular weight is 535 g/mol. The van der Waals surface area contributed by atoms with E-state index in [1.807, 2.05) is 13.0 Å². The fraction of sp³-hybridized carbons (Fsp3) is 0.667. The van der Waals surface area contributed by atoms with Crippen LogP contribution < -0.4 is 20.1 Å². The molecule has 0 aromatic heterocycles. The number of rotatable bonds is 6. The number of aliphatic imine (C=N–C) groups is 1. The maximum absolute atomic E-state index is 12.2. The van der Waals surface area contributed by atoms with Crippen molar-refractivity contribution in [2.24, 2.45) is 4.99 Å². The van der Waals surface area contributed by atoms with Crippen molar-refractivity contribution in [2.45, 2.75) is 63.2 Å². The standard InChI is InChI=1S/C21H33N3O3S.HI/c1-5-28(25)17-8-6-7-16(12-17)24-20(22-4)23-13-21(2,3)15-9-10-18-19(11-15)27-14-26-18;/h9-11,16-17H,5-8,12-14H2,1-4H3,(H2,22,23,24);1H. The monoisotopic (exact) mass is 535 g/mol. The van der Waals surface area contributed by atoms with E-state index >= 15 is 0 Å². The Hall–Kier alpha value is -1.03. The van der Waals surface area contributed by atoms with E-state index in [-0.39, 0.29) is 29.4 Å². The molecule has 0 bridgehead atoms. The van der Waals surface area contributed by atoms with Crippen LogP contribution in [0.2, 0.25) is 0 Å². The highest BCUT2D eigenvalue weighted by molar-refractivity contribution is 14.0. The Kier molecular flexibility index (Phi) is 9.06. The predicted octanol–water partition coefficient (Wildman–Crippen LogP) is 3.56. The van der Waals surface area contributed by atoms with E-state index in [9.17, 15) is 4.21 Å². The third-order valence-electron chi connectivity index (χ3n) is 5.70. The SMILES string of the molecule is CCS(=O)C1CCCC(NC(=NC)NCC(C)(C)c2ccc3c(c2)OCO3)C1.I. The van der Waals surface area contributed by atoms with E-state index in [0.29, 0.717) is 18.1 Å². The van der Waals surface area contributed by atoms with E-state index in [4.69, 9.17) is 9.47 Å². The Morgan fingerprint density at radius 1 is 1.28 bits per heavy atom. The molecule has 1 heterocycles. The van der Waals surface area contributed by atoms with Crippen molar-refractivity contribution < 1.29 is 13.7 Å². The number of hydrogen-bond donors (Lipinski definition) is 2. The fourth-order valence-electron chi connectivity index (χ4n) is 3.86. The first-order valence-corrected chi connectivity index (χ1v) is 11.6. The minimum absolute atomic E-state index is 0. The molecule has 8 heteroatoms. The molecule has 1 aromatic rings. The number of hydrogen-bond acceptors (Lipinski definition) is 4. The van der Waals surface area contributed by atoms with Crippen LogP contribution in [0.3, 0.4) is 0 Å². The highest BCUT2D eigenvalue weighted by Gasteiger charge is 2.27. The predicted molar refractivity (Wildman–Crippen MR) is 130 cm³/mol. The first-order valence-electron chi connectivity index (χ1n) is 10.2. The average Bonchev–Trinajstić information content (AvgIpc) is 3.18. The number of halogens is 1. The highest BCUT2D eigenvalue weighted by atomic mass is 127. The van der Waals surface area contributed by atoms with E-state index < -0.39 is 10.8 Å². The molecule has 29 heavy (non-hydrogen) atoms. The first-order chi connectivity index (χ1) is 13.4. The molecule has 0 amide bonds. The summed E-state index contributed by atoms with van der Waals surface area (Å²) in [6.45, 7) is 7.44. The van der Waals surface area contributed by atoms with E-state index in [0.717, 1.165) is 55.4 Å². The van der Waals surface area contributed by atoms with Crippen LogP contribution in [0, 0.1) is 0 Å². The second-order valence-electron chi connectivity index (χ2n) is 8.18. The molecule has 0 radical (unpaired) electrons. The summed E-state index contributed by atoms with van der Waals surface area (Å²) in [5.74, 6) is 3.17. The summed E-state index contributed by atoms with van der Waals surface area (Å²) in [6, 6.07) is 6.46. The van der Waals surface area contributed by atoms with Gasteiger partial charge >= 0.3 is 0 Å². The summed E-state index contributed by atoms with van der Waals surface area (Å²) < 4.78 is 23.1. The summed E-state index contributed by atoms with van der Waals surface area (Å²) in [5.41, 5.74) is 1.09. The van der Waals surface area contributed by atoms with Gasteiger partial charge in [0.2, 0.25) is 6.79 Å². The van der Waals surface area contributed by atoms with Crippen molar-refractivity contribution in [3.8, 4) is 11.5 Å². The summed E-state index contributed by atoms with van der Waals surface area (Å²) in [7, 11) is 1.08. The number of ether oxygens (including phenoxy) is 2. The number of fused-ring (bicyclic) bond motifs is 1. The third-order valence-corrected chi connectivity index (χ3v) is 7.44. The Balaban J connectivity index is 0.00000300. The topological polar surface area (TPSA) is 72.0 Å². The van der Waals surface area contributed by atoms with Crippen LogP contribution >= 0.6 is 24.0 Å². The third kappa shape index (κ3) is 6.23. The second-order valence-corrected chi connectivity index (χ2v) is 10.2. The lowest BCUT2D eigenvalue weighted by Gasteiger charge is -2.32. The second kappa shape index (κ2) is 10.8. The smallest absolute Gasteiger partial charge is 0.231 e. The molecule has 3 rings (SSSR count). The molecule has 1 aliphatic carbocycles. The van der Waals surface area contributed by atoms with Crippen LogP contribution in [-0.4, -0.2) is 47.6 Å². The molecular formula is C21H34IN3O3S. The Labute approximate surface area is 194 Å². The van der Waals surface area contributed by atoms with Gasteiger partial charge in [0.25, 0.3) is 0 Å². The van der Waals surface area contributed by atoms with E-state index in [2.05, 4.69) is 41.6 Å². The molecule has 3 atom stereocenters. The van der Waals surface area contributed by atoms with Crippen molar-refractivity contribution in [2.75, 3.05) is 26.1 Å². The van der Waals surface area contributed by atoms with Gasteiger partial charge in [0.1, 0.15) is 0 Å². The van der Waals surface area contributed by atoms with Crippen LogP contribution in [0.5, 0.6) is 11.5 Å². The quantitative estimate of drug-likeness (QED) is 0.331. The molecule has 1 fully saturated rings. The van der Waals surface area contributed by atoms with Gasteiger partial charge in [-0.2, -0.15) is 0 Å². The van der Waals surface area contributed by atoms with Gasteiger partial charge in [-0.25, -0.2) is 0 Å². The fourth-order valence-corrected chi connectivity index (χ4v) is 5.21. The Morgan fingerprint density at radius 2 is 2.03 bits per heavy atom. The maximum atomic E-state index is 12.2. The molecule has 2 aliphatic rings. The van der Waals surface area contributed by atoms with Crippen molar-refractivity contribution in [1.29, 1.82) is 0 Å². The highest BCUT2D eigenvalue weighted by Crippen LogP contribution is 2.36. The van der Waals surface area contributed by atoms with Crippen molar-refractivity contribution in [1.82, 2.24) is 10.6 Å². The van der Waals surface area contributed by atoms with Gasteiger partial charge in [-0.15, -0.1) is 24.0 Å². The number of guanidine groups is 1. The van der Waals surface area contributed by atoms with Gasteiger partial charge in [-0.3, -0.25) is 9.20 Å². The zero-order valence-corrected chi connectivity index (χ0v) is 21.0. The summed E-state index contributed by atoms with van der Waals surface area (Å²) in [6.07, 6.45) is 4.24. The van der Waals surface area contributed by atoms with Crippen LogP contribution in [0.25, 0.3) is 0 Å². The lowest BCUT2D eigenvalue weighted by molar-refractivity contribution is 0.174. The summed E-state index contributed by atoms with van der Waals surface area (Å²) >= 11 is 0. The van der Waals surface area contributed by atoms with Crippen molar-refractivity contribution >= 4 is 40.7 Å². The number of nitrogens with one attached hydrogen (secondary N) is 2. The zero-order chi connectivity index (χ0) is 20.1. The number of nitrogens with zero attached hydrogens (tertiary/aromatic N) is 1. The summed E-state index contributed by atoms with van der Waals surface area (Å²) in [5, 5.41) is 7.32. The molecule has 0 spiro atoms. The zero-order valence-electron chi connectivity index (χ0n) is 17.8. The lowest BCUT2D eigenvalue weighted by atomic mass is 9.84. The molecule has 1 aliphatic heterocycles. The maximum Gasteiger partial charge on any atom is 0.231 e. The van der Waals surface area contributed by atoms with E-state index in [1.165, 1.54) is 5.56 Å². The Bertz CT molecular complexity index is 742. The van der Waals surface area contributed by atoms with Crippen LogP contribution in [0.15, 0.2) is 23.2 Å². The normalized spacial score (nSPS) is 22.6. The molecule has 6 nitrogen and oxygen atoms in total. The van der Waals surface area contributed by atoms with Gasteiger partial charge < -0.3 is 20.1 Å². The van der Waals surface area contributed by atoms with Gasteiger partial charge in [-0.05, 0) is 37.0 Å². The summed E-state index contributed by atoms with van der Waals surface area (Å²) in [4.78, 5) is 4.40.